The number of ether oxygens (including phenoxy) is 1. The quantitative estimate of drug-likeness (QED) is 0.806. The molecule has 1 N–H and O–H groups in total. The van der Waals surface area contributed by atoms with Crippen LogP contribution in [0.15, 0.2) is 24.3 Å². The van der Waals surface area contributed by atoms with Crippen molar-refractivity contribution in [3.63, 3.8) is 0 Å². The van der Waals surface area contributed by atoms with Crippen LogP contribution in [0.25, 0.3) is 0 Å². The standard InChI is InChI=1S/C23H35N3O3/c1-17-9-12-26(16-17)20-7-5-19(6-8-20)24-21(27)15-18-10-13-25(14-11-18)22(28)29-23(2,3)4/h5-8,17-18H,9-16H2,1-4H3,(H,24,27). The molecule has 6 nitrogen and oxygen atoms in total. The van der Waals surface area contributed by atoms with Crippen LogP contribution in [0, 0.1) is 11.8 Å². The van der Waals surface area contributed by atoms with Crippen LogP contribution in [0.4, 0.5) is 16.2 Å². The Kier molecular flexibility index (Phi) is 6.70. The van der Waals surface area contributed by atoms with E-state index in [1.54, 1.807) is 4.90 Å². The number of likely N-dealkylation sites (tertiary alicyclic amines) is 1. The second kappa shape index (κ2) is 9.06. The highest BCUT2D eigenvalue weighted by atomic mass is 16.6. The van der Waals surface area contributed by atoms with Crippen LogP contribution < -0.4 is 10.2 Å². The number of amides is 2. The minimum absolute atomic E-state index is 0.0447. The molecule has 0 spiro atoms. The van der Waals surface area contributed by atoms with Crippen molar-refractivity contribution in [2.45, 2.75) is 59.0 Å². The van der Waals surface area contributed by atoms with Gasteiger partial charge >= 0.3 is 6.09 Å². The van der Waals surface area contributed by atoms with Crippen molar-refractivity contribution in [2.75, 3.05) is 36.4 Å². The largest absolute Gasteiger partial charge is 0.444 e. The highest BCUT2D eigenvalue weighted by Crippen LogP contribution is 2.26. The first-order chi connectivity index (χ1) is 13.7. The molecule has 0 radical (unpaired) electrons. The third kappa shape index (κ3) is 6.38. The topological polar surface area (TPSA) is 61.9 Å². The van der Waals surface area contributed by atoms with Gasteiger partial charge in [-0.3, -0.25) is 4.79 Å². The van der Waals surface area contributed by atoms with Gasteiger partial charge in [0.1, 0.15) is 5.60 Å². The summed E-state index contributed by atoms with van der Waals surface area (Å²) in [6.07, 6.45) is 3.14. The Morgan fingerprint density at radius 3 is 2.28 bits per heavy atom. The van der Waals surface area contributed by atoms with E-state index in [-0.39, 0.29) is 12.0 Å². The maximum Gasteiger partial charge on any atom is 0.410 e. The molecule has 0 aliphatic carbocycles. The molecule has 0 bridgehead atoms. The van der Waals surface area contributed by atoms with E-state index in [1.807, 2.05) is 32.9 Å². The molecule has 2 heterocycles. The number of anilines is 2. The van der Waals surface area contributed by atoms with E-state index in [0.29, 0.717) is 25.4 Å². The van der Waals surface area contributed by atoms with Gasteiger partial charge in [0.25, 0.3) is 0 Å². The molecule has 2 aliphatic heterocycles. The number of hydrogen-bond acceptors (Lipinski definition) is 4. The highest BCUT2D eigenvalue weighted by molar-refractivity contribution is 5.91. The van der Waals surface area contributed by atoms with E-state index < -0.39 is 5.60 Å². The molecule has 1 aromatic rings. The maximum absolute atomic E-state index is 12.4. The number of carbonyl (C=O) groups is 2. The summed E-state index contributed by atoms with van der Waals surface area (Å²) in [4.78, 5) is 28.7. The number of rotatable bonds is 4. The fraction of sp³-hybridized carbons (Fsp3) is 0.652. The van der Waals surface area contributed by atoms with Crippen molar-refractivity contribution >= 4 is 23.4 Å². The van der Waals surface area contributed by atoms with E-state index >= 15 is 0 Å². The Morgan fingerprint density at radius 1 is 1.07 bits per heavy atom. The van der Waals surface area contributed by atoms with Crippen LogP contribution in [0.3, 0.4) is 0 Å². The summed E-state index contributed by atoms with van der Waals surface area (Å²) < 4.78 is 5.43. The van der Waals surface area contributed by atoms with E-state index in [2.05, 4.69) is 29.3 Å². The molecule has 1 unspecified atom stereocenters. The molecule has 160 valence electrons. The molecule has 0 aromatic heterocycles. The lowest BCUT2D eigenvalue weighted by Crippen LogP contribution is -2.42. The van der Waals surface area contributed by atoms with Gasteiger partial charge in [-0.05, 0) is 76.1 Å². The number of benzene rings is 1. The highest BCUT2D eigenvalue weighted by Gasteiger charge is 2.27. The summed E-state index contributed by atoms with van der Waals surface area (Å²) in [7, 11) is 0. The SMILES string of the molecule is CC1CCN(c2ccc(NC(=O)CC3CCN(C(=O)OC(C)(C)C)CC3)cc2)C1. The molecule has 1 aromatic carbocycles. The number of hydrogen-bond donors (Lipinski definition) is 1. The van der Waals surface area contributed by atoms with Gasteiger partial charge in [0, 0.05) is 44.0 Å². The first-order valence-corrected chi connectivity index (χ1v) is 10.8. The summed E-state index contributed by atoms with van der Waals surface area (Å²) in [5, 5.41) is 3.02. The first-order valence-electron chi connectivity index (χ1n) is 10.8. The number of nitrogens with one attached hydrogen (secondary N) is 1. The van der Waals surface area contributed by atoms with Gasteiger partial charge in [-0.25, -0.2) is 4.79 Å². The monoisotopic (exact) mass is 401 g/mol. The van der Waals surface area contributed by atoms with Gasteiger partial charge in [-0.15, -0.1) is 0 Å². The lowest BCUT2D eigenvalue weighted by Gasteiger charge is -2.33. The Balaban J connectivity index is 1.42. The van der Waals surface area contributed by atoms with Crippen molar-refractivity contribution in [2.24, 2.45) is 11.8 Å². The summed E-state index contributed by atoms with van der Waals surface area (Å²) in [5.74, 6) is 1.10. The summed E-state index contributed by atoms with van der Waals surface area (Å²) >= 11 is 0. The Bertz CT molecular complexity index is 703. The van der Waals surface area contributed by atoms with Crippen LogP contribution in [-0.2, 0) is 9.53 Å². The van der Waals surface area contributed by atoms with Gasteiger partial charge in [0.05, 0.1) is 0 Å². The lowest BCUT2D eigenvalue weighted by atomic mass is 9.93. The zero-order valence-corrected chi connectivity index (χ0v) is 18.2. The zero-order chi connectivity index (χ0) is 21.0. The number of piperidine rings is 1. The molecule has 2 fully saturated rings. The van der Waals surface area contributed by atoms with Crippen LogP contribution in [0.1, 0.15) is 53.4 Å². The van der Waals surface area contributed by atoms with Crippen LogP contribution in [0.5, 0.6) is 0 Å². The maximum atomic E-state index is 12.4. The normalized spacial score (nSPS) is 20.6. The lowest BCUT2D eigenvalue weighted by molar-refractivity contribution is -0.117. The van der Waals surface area contributed by atoms with E-state index in [4.69, 9.17) is 4.74 Å². The molecule has 2 amide bonds. The Labute approximate surface area is 174 Å². The second-order valence-corrected chi connectivity index (χ2v) is 9.55. The van der Waals surface area contributed by atoms with E-state index in [9.17, 15) is 9.59 Å². The zero-order valence-electron chi connectivity index (χ0n) is 18.2. The van der Waals surface area contributed by atoms with Crippen LogP contribution in [0.2, 0.25) is 0 Å². The Hall–Kier alpha value is -2.24. The van der Waals surface area contributed by atoms with Crippen LogP contribution in [-0.4, -0.2) is 48.7 Å². The number of nitrogens with zero attached hydrogens (tertiary/aromatic N) is 2. The molecule has 0 saturated carbocycles. The fourth-order valence-corrected chi connectivity index (χ4v) is 4.05. The third-order valence-electron chi connectivity index (χ3n) is 5.68. The number of carbonyl (C=O) groups excluding carboxylic acids is 2. The van der Waals surface area contributed by atoms with Crippen molar-refractivity contribution in [1.82, 2.24) is 4.90 Å². The second-order valence-electron chi connectivity index (χ2n) is 9.55. The van der Waals surface area contributed by atoms with Crippen molar-refractivity contribution < 1.29 is 14.3 Å². The fourth-order valence-electron chi connectivity index (χ4n) is 4.05. The molecule has 2 saturated heterocycles. The minimum atomic E-state index is -0.476. The van der Waals surface area contributed by atoms with Crippen molar-refractivity contribution in [1.29, 1.82) is 0 Å². The predicted molar refractivity (Wildman–Crippen MR) is 116 cm³/mol. The van der Waals surface area contributed by atoms with Gasteiger partial charge in [-0.2, -0.15) is 0 Å². The Morgan fingerprint density at radius 2 is 1.72 bits per heavy atom. The van der Waals surface area contributed by atoms with Gasteiger partial charge in [0.2, 0.25) is 5.91 Å². The summed E-state index contributed by atoms with van der Waals surface area (Å²) in [5.41, 5.74) is 1.59. The molecule has 1 atom stereocenters. The molecule has 29 heavy (non-hydrogen) atoms. The molecule has 3 rings (SSSR count). The average Bonchev–Trinajstić information content (AvgIpc) is 3.08. The first kappa shape index (κ1) is 21.5. The molecular formula is C23H35N3O3. The third-order valence-corrected chi connectivity index (χ3v) is 5.68. The van der Waals surface area contributed by atoms with Gasteiger partial charge < -0.3 is 19.9 Å². The molecule has 2 aliphatic rings. The smallest absolute Gasteiger partial charge is 0.410 e. The van der Waals surface area contributed by atoms with Crippen LogP contribution >= 0.6 is 0 Å². The average molecular weight is 402 g/mol. The predicted octanol–water partition coefficient (Wildman–Crippen LogP) is 4.51. The van der Waals surface area contributed by atoms with Crippen molar-refractivity contribution in [3.05, 3.63) is 24.3 Å². The van der Waals surface area contributed by atoms with Gasteiger partial charge in [0.15, 0.2) is 0 Å². The molecular weight excluding hydrogens is 366 g/mol. The van der Waals surface area contributed by atoms with E-state index in [1.165, 1.54) is 12.1 Å². The molecule has 6 heteroatoms. The summed E-state index contributed by atoms with van der Waals surface area (Å²) in [6.45, 7) is 11.4. The van der Waals surface area contributed by atoms with E-state index in [0.717, 1.165) is 37.5 Å². The summed E-state index contributed by atoms with van der Waals surface area (Å²) in [6, 6.07) is 8.16. The van der Waals surface area contributed by atoms with Crippen molar-refractivity contribution in [3.8, 4) is 0 Å². The van der Waals surface area contributed by atoms with Gasteiger partial charge in [-0.1, -0.05) is 6.92 Å². The minimum Gasteiger partial charge on any atom is -0.444 e.